The zero-order valence-electron chi connectivity index (χ0n) is 20.3. The Morgan fingerprint density at radius 2 is 1.85 bits per heavy atom. The summed E-state index contributed by atoms with van der Waals surface area (Å²) in [6.07, 6.45) is 5.33. The summed E-state index contributed by atoms with van der Waals surface area (Å²) >= 11 is 1.73. The normalized spacial score (nSPS) is 19.1. The van der Waals surface area contributed by atoms with Crippen LogP contribution in [0.15, 0.2) is 24.5 Å². The Hall–Kier alpha value is -2.87. The summed E-state index contributed by atoms with van der Waals surface area (Å²) in [5.41, 5.74) is 2.33. The quantitative estimate of drug-likeness (QED) is 0.517. The van der Waals surface area contributed by atoms with Crippen molar-refractivity contribution in [3.63, 3.8) is 0 Å². The van der Waals surface area contributed by atoms with Gasteiger partial charge in [0.15, 0.2) is 0 Å². The van der Waals surface area contributed by atoms with Crippen LogP contribution in [0.4, 0.5) is 5.82 Å². The minimum Gasteiger partial charge on any atom is -0.497 e. The van der Waals surface area contributed by atoms with Gasteiger partial charge in [-0.3, -0.25) is 4.79 Å². The monoisotopic (exact) mass is 480 g/mol. The van der Waals surface area contributed by atoms with Crippen molar-refractivity contribution in [2.24, 2.45) is 5.92 Å². The zero-order valence-corrected chi connectivity index (χ0v) is 21.2. The highest BCUT2D eigenvalue weighted by molar-refractivity contribution is 7.18. The highest BCUT2D eigenvalue weighted by atomic mass is 32.1. The molecule has 180 valence electrons. The number of aromatic nitrogens is 2. The third-order valence-corrected chi connectivity index (χ3v) is 8.54. The van der Waals surface area contributed by atoms with Gasteiger partial charge in [0, 0.05) is 42.1 Å². The van der Waals surface area contributed by atoms with Crippen LogP contribution in [-0.2, 0) is 4.79 Å². The van der Waals surface area contributed by atoms with Gasteiger partial charge in [0.1, 0.15) is 28.5 Å². The van der Waals surface area contributed by atoms with Crippen molar-refractivity contribution in [1.29, 1.82) is 0 Å². The Labute approximate surface area is 204 Å². The average Bonchev–Trinajstić information content (AvgIpc) is 3.47. The van der Waals surface area contributed by atoms with Crippen LogP contribution in [0.3, 0.4) is 0 Å². The second kappa shape index (κ2) is 9.41. The number of ether oxygens (including phenoxy) is 2. The molecule has 1 atom stereocenters. The molecule has 5 rings (SSSR count). The van der Waals surface area contributed by atoms with Gasteiger partial charge in [-0.25, -0.2) is 9.97 Å². The molecule has 2 aromatic heterocycles. The Bertz CT molecular complexity index is 1200. The number of anilines is 1. The second-order valence-electron chi connectivity index (χ2n) is 9.22. The first-order chi connectivity index (χ1) is 16.5. The fourth-order valence-electron chi connectivity index (χ4n) is 5.42. The largest absolute Gasteiger partial charge is 0.497 e. The van der Waals surface area contributed by atoms with Gasteiger partial charge in [0.25, 0.3) is 0 Å². The van der Waals surface area contributed by atoms with Crippen LogP contribution < -0.4 is 14.4 Å². The molecule has 34 heavy (non-hydrogen) atoms. The molecule has 1 aromatic carbocycles. The Kier molecular flexibility index (Phi) is 6.34. The number of aryl methyl sites for hydroxylation is 2. The molecule has 4 heterocycles. The number of rotatable bonds is 5. The lowest BCUT2D eigenvalue weighted by Crippen LogP contribution is -2.42. The molecule has 0 bridgehead atoms. The molecule has 3 aromatic rings. The first-order valence-electron chi connectivity index (χ1n) is 12.0. The van der Waals surface area contributed by atoms with Gasteiger partial charge < -0.3 is 19.3 Å². The van der Waals surface area contributed by atoms with E-state index in [1.165, 1.54) is 15.8 Å². The van der Waals surface area contributed by atoms with E-state index in [1.54, 1.807) is 31.9 Å². The number of piperidine rings is 1. The maximum Gasteiger partial charge on any atom is 0.226 e. The van der Waals surface area contributed by atoms with Crippen LogP contribution >= 0.6 is 11.3 Å². The van der Waals surface area contributed by atoms with E-state index in [4.69, 9.17) is 9.47 Å². The van der Waals surface area contributed by atoms with Crippen molar-refractivity contribution < 1.29 is 14.3 Å². The number of carbonyl (C=O) groups excluding carboxylic acids is 1. The third-order valence-electron chi connectivity index (χ3n) is 7.42. The Morgan fingerprint density at radius 3 is 2.59 bits per heavy atom. The van der Waals surface area contributed by atoms with Crippen LogP contribution in [0.25, 0.3) is 10.2 Å². The molecule has 0 spiro atoms. The summed E-state index contributed by atoms with van der Waals surface area (Å²) in [7, 11) is 3.33. The van der Waals surface area contributed by atoms with Crippen LogP contribution in [-0.4, -0.2) is 54.6 Å². The van der Waals surface area contributed by atoms with E-state index in [-0.39, 0.29) is 17.9 Å². The molecule has 7 nitrogen and oxygen atoms in total. The second-order valence-corrected chi connectivity index (χ2v) is 10.4. The maximum atomic E-state index is 13.6. The lowest BCUT2D eigenvalue weighted by atomic mass is 9.94. The molecule has 0 radical (unpaired) electrons. The molecule has 1 amide bonds. The number of nitrogens with zero attached hydrogens (tertiary/aromatic N) is 4. The highest BCUT2D eigenvalue weighted by Gasteiger charge is 2.37. The minimum atomic E-state index is 0.0451. The van der Waals surface area contributed by atoms with Crippen molar-refractivity contribution in [2.75, 3.05) is 38.8 Å². The van der Waals surface area contributed by atoms with E-state index in [0.29, 0.717) is 0 Å². The fraction of sp³-hybridized carbons (Fsp3) is 0.500. The van der Waals surface area contributed by atoms with E-state index in [0.717, 1.165) is 73.0 Å². The first-order valence-corrected chi connectivity index (χ1v) is 12.8. The van der Waals surface area contributed by atoms with Gasteiger partial charge in [-0.05, 0) is 57.2 Å². The van der Waals surface area contributed by atoms with E-state index >= 15 is 0 Å². The molecule has 2 aliphatic heterocycles. The third kappa shape index (κ3) is 3.98. The number of fused-ring (bicyclic) bond motifs is 1. The van der Waals surface area contributed by atoms with Crippen molar-refractivity contribution in [3.05, 3.63) is 40.5 Å². The number of methoxy groups -OCH3 is 2. The Morgan fingerprint density at radius 1 is 1.06 bits per heavy atom. The summed E-state index contributed by atoms with van der Waals surface area (Å²) < 4.78 is 11.0. The van der Waals surface area contributed by atoms with Gasteiger partial charge in [0.2, 0.25) is 5.91 Å². The Balaban J connectivity index is 1.31. The number of amides is 1. The van der Waals surface area contributed by atoms with Gasteiger partial charge in [0.05, 0.1) is 25.6 Å². The summed E-state index contributed by atoms with van der Waals surface area (Å²) in [4.78, 5) is 29.5. The number of carbonyl (C=O) groups is 1. The topological polar surface area (TPSA) is 67.8 Å². The lowest BCUT2D eigenvalue weighted by Gasteiger charge is -2.36. The van der Waals surface area contributed by atoms with E-state index in [1.807, 2.05) is 18.2 Å². The van der Waals surface area contributed by atoms with Gasteiger partial charge in [-0.1, -0.05) is 0 Å². The number of benzene rings is 1. The van der Waals surface area contributed by atoms with Gasteiger partial charge in [-0.15, -0.1) is 11.3 Å². The van der Waals surface area contributed by atoms with Crippen molar-refractivity contribution in [1.82, 2.24) is 14.9 Å². The van der Waals surface area contributed by atoms with Crippen LogP contribution in [0.2, 0.25) is 0 Å². The molecular formula is C26H32N4O3S. The molecule has 0 N–H and O–H groups in total. The van der Waals surface area contributed by atoms with Crippen LogP contribution in [0.5, 0.6) is 11.5 Å². The predicted octanol–water partition coefficient (Wildman–Crippen LogP) is 4.91. The van der Waals surface area contributed by atoms with E-state index < -0.39 is 0 Å². The SMILES string of the molecule is COc1ccc(C2CCCN2C(=O)C2CCN(c3ncnc4sc(C)c(C)c34)CC2)c(OC)c1. The average molecular weight is 481 g/mol. The maximum absolute atomic E-state index is 13.6. The number of hydrogen-bond donors (Lipinski definition) is 0. The highest BCUT2D eigenvalue weighted by Crippen LogP contribution is 2.41. The summed E-state index contributed by atoms with van der Waals surface area (Å²) in [5.74, 6) is 2.88. The first kappa shape index (κ1) is 22.9. The number of thiophene rings is 1. The number of hydrogen-bond acceptors (Lipinski definition) is 7. The summed E-state index contributed by atoms with van der Waals surface area (Å²) in [6, 6.07) is 5.96. The van der Waals surface area contributed by atoms with Gasteiger partial charge in [-0.2, -0.15) is 0 Å². The molecule has 8 heteroatoms. The van der Waals surface area contributed by atoms with Crippen LogP contribution in [0.1, 0.15) is 47.7 Å². The van der Waals surface area contributed by atoms with Crippen LogP contribution in [0, 0.1) is 19.8 Å². The van der Waals surface area contributed by atoms with Crippen molar-refractivity contribution >= 4 is 33.3 Å². The van der Waals surface area contributed by atoms with Crippen molar-refractivity contribution in [3.8, 4) is 11.5 Å². The molecule has 1 unspecified atom stereocenters. The predicted molar refractivity (Wildman–Crippen MR) is 135 cm³/mol. The smallest absolute Gasteiger partial charge is 0.226 e. The molecule has 2 aliphatic rings. The molecule has 0 saturated carbocycles. The minimum absolute atomic E-state index is 0.0451. The zero-order chi connectivity index (χ0) is 23.8. The molecule has 0 aliphatic carbocycles. The lowest BCUT2D eigenvalue weighted by molar-refractivity contribution is -0.137. The fourth-order valence-corrected chi connectivity index (χ4v) is 6.42. The standard InChI is InChI=1S/C26H32N4O3S/c1-16-17(2)34-25-23(16)24(27-15-28-25)29-12-9-18(10-13-29)26(31)30-11-5-6-21(30)20-8-7-19(32-3)14-22(20)33-4/h7-8,14-15,18,21H,5-6,9-13H2,1-4H3. The number of likely N-dealkylation sites (tertiary alicyclic amines) is 1. The van der Waals surface area contributed by atoms with Crippen molar-refractivity contribution in [2.45, 2.75) is 45.6 Å². The summed E-state index contributed by atoms with van der Waals surface area (Å²) in [5, 5.41) is 1.17. The molecule has 2 fully saturated rings. The van der Waals surface area contributed by atoms with Gasteiger partial charge >= 0.3 is 0 Å². The molecular weight excluding hydrogens is 448 g/mol. The van der Waals surface area contributed by atoms with E-state index in [9.17, 15) is 4.79 Å². The van der Waals surface area contributed by atoms with E-state index in [2.05, 4.69) is 33.6 Å². The summed E-state index contributed by atoms with van der Waals surface area (Å²) in [6.45, 7) is 6.76. The molecule has 2 saturated heterocycles.